The summed E-state index contributed by atoms with van der Waals surface area (Å²) in [6.07, 6.45) is 6.24. The highest BCUT2D eigenvalue weighted by molar-refractivity contribution is 7.89. The van der Waals surface area contributed by atoms with Crippen molar-refractivity contribution in [1.82, 2.24) is 34.1 Å². The van der Waals surface area contributed by atoms with Crippen molar-refractivity contribution in [3.05, 3.63) is 70.1 Å². The van der Waals surface area contributed by atoms with Gasteiger partial charge < -0.3 is 0 Å². The summed E-state index contributed by atoms with van der Waals surface area (Å²) in [5, 5.41) is 15.2. The van der Waals surface area contributed by atoms with Crippen LogP contribution in [0.2, 0.25) is 0 Å². The third-order valence-electron chi connectivity index (χ3n) is 8.41. The minimum atomic E-state index is -3.96. The summed E-state index contributed by atoms with van der Waals surface area (Å²) in [5.41, 5.74) is 2.66. The van der Waals surface area contributed by atoms with Gasteiger partial charge in [-0.1, -0.05) is 24.6 Å². The van der Waals surface area contributed by atoms with E-state index in [1.807, 2.05) is 43.8 Å². The molecule has 0 N–H and O–H groups in total. The van der Waals surface area contributed by atoms with Crippen LogP contribution in [0.3, 0.4) is 0 Å². The third-order valence-corrected chi connectivity index (χ3v) is 10.9. The lowest BCUT2D eigenvalue weighted by Crippen LogP contribution is -2.62. The Morgan fingerprint density at radius 3 is 2.54 bits per heavy atom. The minimum Gasteiger partial charge on any atom is -0.291 e. The summed E-state index contributed by atoms with van der Waals surface area (Å²) in [4.78, 5) is 20.1. The van der Waals surface area contributed by atoms with Crippen molar-refractivity contribution in [3.63, 3.8) is 0 Å². The highest BCUT2D eigenvalue weighted by Crippen LogP contribution is 2.56. The van der Waals surface area contributed by atoms with Crippen LogP contribution in [0.1, 0.15) is 59.9 Å². The number of rotatable bonds is 6. The molecule has 204 valence electrons. The Balaban J connectivity index is 1.43. The average Bonchev–Trinajstić information content (AvgIpc) is 3.68. The van der Waals surface area contributed by atoms with Gasteiger partial charge in [0.2, 0.25) is 5.03 Å². The SMILES string of the molecule is Cc1ccc(-n2ncc3c2CC2(C)CCN(S(=O)(=O)c4cnn(C(C)C)n4)C[C@@]2(C(=O)c2nccs2)C3)cc1. The predicted octanol–water partition coefficient (Wildman–Crippen LogP) is 3.88. The summed E-state index contributed by atoms with van der Waals surface area (Å²) in [7, 11) is -3.96. The number of benzene rings is 1. The Kier molecular flexibility index (Phi) is 6.12. The fourth-order valence-corrected chi connectivity index (χ4v) is 8.02. The molecule has 1 aliphatic carbocycles. The van der Waals surface area contributed by atoms with Gasteiger partial charge in [-0.05, 0) is 63.1 Å². The molecule has 0 amide bonds. The normalized spacial score (nSPS) is 23.5. The molecule has 10 nitrogen and oxygen atoms in total. The van der Waals surface area contributed by atoms with Crippen LogP contribution in [0, 0.1) is 17.8 Å². The number of hydrogen-bond acceptors (Lipinski definition) is 8. The van der Waals surface area contributed by atoms with Gasteiger partial charge in [0.25, 0.3) is 10.0 Å². The lowest BCUT2D eigenvalue weighted by atomic mass is 9.52. The van der Waals surface area contributed by atoms with E-state index < -0.39 is 20.9 Å². The maximum atomic E-state index is 14.3. The highest BCUT2D eigenvalue weighted by atomic mass is 32.2. The first-order valence-electron chi connectivity index (χ1n) is 13.0. The van der Waals surface area contributed by atoms with E-state index >= 15 is 0 Å². The van der Waals surface area contributed by atoms with E-state index in [4.69, 9.17) is 5.10 Å². The number of ketones is 1. The van der Waals surface area contributed by atoms with E-state index in [0.29, 0.717) is 24.3 Å². The van der Waals surface area contributed by atoms with Crippen LogP contribution in [0.5, 0.6) is 0 Å². The van der Waals surface area contributed by atoms with Gasteiger partial charge in [0.15, 0.2) is 10.8 Å². The van der Waals surface area contributed by atoms with Gasteiger partial charge in [0.05, 0.1) is 29.5 Å². The average molecular weight is 566 g/mol. The Labute approximate surface area is 231 Å². The van der Waals surface area contributed by atoms with Crippen LogP contribution in [0.25, 0.3) is 5.69 Å². The van der Waals surface area contributed by atoms with Gasteiger partial charge >= 0.3 is 0 Å². The Bertz CT molecular complexity index is 1640. The second kappa shape index (κ2) is 9.17. The lowest BCUT2D eigenvalue weighted by Gasteiger charge is -2.55. The molecule has 12 heteroatoms. The van der Waals surface area contributed by atoms with Gasteiger partial charge in [-0.2, -0.15) is 19.3 Å². The molecule has 4 heterocycles. The van der Waals surface area contributed by atoms with Crippen LogP contribution in [-0.2, 0) is 22.9 Å². The third kappa shape index (κ3) is 4.07. The Morgan fingerprint density at radius 2 is 1.87 bits per heavy atom. The summed E-state index contributed by atoms with van der Waals surface area (Å²) in [6, 6.07) is 8.14. The van der Waals surface area contributed by atoms with Crippen LogP contribution in [0.4, 0.5) is 0 Å². The summed E-state index contributed by atoms with van der Waals surface area (Å²) >= 11 is 1.30. The quantitative estimate of drug-likeness (QED) is 0.326. The molecular weight excluding hydrogens is 534 g/mol. The number of carbonyl (C=O) groups excluding carboxylic acids is 1. The first-order valence-corrected chi connectivity index (χ1v) is 15.4. The number of sulfonamides is 1. The molecule has 2 aliphatic rings. The molecular formula is C27H31N7O3S2. The molecule has 0 bridgehead atoms. The molecule has 39 heavy (non-hydrogen) atoms. The Morgan fingerprint density at radius 1 is 1.10 bits per heavy atom. The largest absolute Gasteiger partial charge is 0.291 e. The molecule has 1 fully saturated rings. The molecule has 6 rings (SSSR count). The van der Waals surface area contributed by atoms with E-state index in [-0.39, 0.29) is 29.9 Å². The van der Waals surface area contributed by atoms with E-state index in [0.717, 1.165) is 16.9 Å². The van der Waals surface area contributed by atoms with Gasteiger partial charge in [-0.25, -0.2) is 18.1 Å². The number of fused-ring (bicyclic) bond motifs is 2. The molecule has 1 unspecified atom stereocenters. The number of hydrogen-bond donors (Lipinski definition) is 0. The molecule has 1 aromatic carbocycles. The molecule has 2 atom stereocenters. The van der Waals surface area contributed by atoms with Crippen molar-refractivity contribution in [2.24, 2.45) is 10.8 Å². The number of aromatic nitrogens is 6. The molecule has 0 spiro atoms. The van der Waals surface area contributed by atoms with Crippen LogP contribution in [-0.4, -0.2) is 61.4 Å². The summed E-state index contributed by atoms with van der Waals surface area (Å²) in [5.74, 6) is -0.112. The smallest absolute Gasteiger partial charge is 0.264 e. The molecule has 3 aromatic heterocycles. The van der Waals surface area contributed by atoms with E-state index in [2.05, 4.69) is 34.2 Å². The van der Waals surface area contributed by atoms with Crippen LogP contribution in [0.15, 0.2) is 53.3 Å². The summed E-state index contributed by atoms with van der Waals surface area (Å²) in [6.45, 7) is 8.28. The molecule has 0 saturated carbocycles. The zero-order valence-corrected chi connectivity index (χ0v) is 24.0. The van der Waals surface area contributed by atoms with Gasteiger partial charge in [0.1, 0.15) is 0 Å². The number of piperidine rings is 1. The van der Waals surface area contributed by atoms with Gasteiger partial charge in [-0.3, -0.25) is 4.79 Å². The van der Waals surface area contributed by atoms with Crippen LogP contribution < -0.4 is 0 Å². The van der Waals surface area contributed by atoms with Gasteiger partial charge in [0, 0.05) is 30.4 Å². The molecule has 0 radical (unpaired) electrons. The van der Waals surface area contributed by atoms with Crippen molar-refractivity contribution in [1.29, 1.82) is 0 Å². The maximum Gasteiger partial charge on any atom is 0.264 e. The first-order chi connectivity index (χ1) is 18.5. The predicted molar refractivity (Wildman–Crippen MR) is 146 cm³/mol. The highest BCUT2D eigenvalue weighted by Gasteiger charge is 2.61. The van der Waals surface area contributed by atoms with E-state index in [1.165, 1.54) is 32.2 Å². The van der Waals surface area contributed by atoms with E-state index in [1.54, 1.807) is 11.6 Å². The van der Waals surface area contributed by atoms with Crippen molar-refractivity contribution in [2.45, 2.75) is 58.0 Å². The number of nitrogens with zero attached hydrogens (tertiary/aromatic N) is 7. The first kappa shape index (κ1) is 26.0. The van der Waals surface area contributed by atoms with Crippen molar-refractivity contribution >= 4 is 27.1 Å². The fourth-order valence-electron chi connectivity index (χ4n) is 5.99. The number of Topliss-reactive ketones (excluding diaryl/α,β-unsaturated/α-hetero) is 1. The van der Waals surface area contributed by atoms with Crippen molar-refractivity contribution in [2.75, 3.05) is 13.1 Å². The molecule has 4 aromatic rings. The zero-order valence-electron chi connectivity index (χ0n) is 22.4. The van der Waals surface area contributed by atoms with E-state index in [9.17, 15) is 13.2 Å². The fraction of sp³-hybridized carbons (Fsp3) is 0.444. The number of aryl methyl sites for hydroxylation is 1. The standard InChI is InChI=1S/C27H31N7O3S2/c1-18(2)34-30-16-23(31-34)39(36,37)32-11-9-26(4)14-22-20(15-29-33(22)21-7-5-19(3)6-8-21)13-27(26,17-32)24(35)25-28-10-12-38-25/h5-8,10,12,15-16,18H,9,11,13-14,17H2,1-4H3/t26?,27-/m1/s1. The molecule has 1 saturated heterocycles. The topological polar surface area (TPSA) is 116 Å². The number of carbonyl (C=O) groups is 1. The monoisotopic (exact) mass is 565 g/mol. The van der Waals surface area contributed by atoms with Crippen molar-refractivity contribution in [3.8, 4) is 5.69 Å². The summed E-state index contributed by atoms with van der Waals surface area (Å²) < 4.78 is 31.0. The zero-order chi connectivity index (χ0) is 27.6. The number of thiazole rings is 1. The minimum absolute atomic E-state index is 0.0495. The molecule has 1 aliphatic heterocycles. The Hall–Kier alpha value is -3.22. The second-order valence-corrected chi connectivity index (χ2v) is 14.0. The lowest BCUT2D eigenvalue weighted by molar-refractivity contribution is -0.0103. The van der Waals surface area contributed by atoms with Crippen molar-refractivity contribution < 1.29 is 13.2 Å². The maximum absolute atomic E-state index is 14.3. The van der Waals surface area contributed by atoms with Crippen LogP contribution >= 0.6 is 11.3 Å². The van der Waals surface area contributed by atoms with Gasteiger partial charge in [-0.15, -0.1) is 16.4 Å². The second-order valence-electron chi connectivity index (χ2n) is 11.2.